The standard InChI is InChI=1S/C11H15N3S2/c1-2-5-12-10(11-8-16-14-13-11)7-9-4-3-6-15-9/h3-4,6,8,10,12H,2,5,7H2,1H3. The van der Waals surface area contributed by atoms with Crippen LogP contribution in [0.1, 0.15) is 30.0 Å². The van der Waals surface area contributed by atoms with Crippen molar-refractivity contribution in [3.05, 3.63) is 33.5 Å². The average Bonchev–Trinajstić information content (AvgIpc) is 2.96. The minimum absolute atomic E-state index is 0.303. The van der Waals surface area contributed by atoms with Gasteiger partial charge < -0.3 is 5.32 Å². The first-order chi connectivity index (χ1) is 7.90. The SMILES string of the molecule is CCCNC(Cc1cccs1)c1csnn1. The van der Waals surface area contributed by atoms with Crippen molar-refractivity contribution < 1.29 is 0 Å². The number of rotatable bonds is 6. The molecule has 0 fully saturated rings. The van der Waals surface area contributed by atoms with Gasteiger partial charge >= 0.3 is 0 Å². The molecule has 0 aliphatic rings. The van der Waals surface area contributed by atoms with E-state index in [4.69, 9.17) is 0 Å². The topological polar surface area (TPSA) is 37.8 Å². The molecule has 0 saturated carbocycles. The highest BCUT2D eigenvalue weighted by atomic mass is 32.1. The summed E-state index contributed by atoms with van der Waals surface area (Å²) in [4.78, 5) is 1.39. The normalized spacial score (nSPS) is 12.8. The van der Waals surface area contributed by atoms with Gasteiger partial charge in [-0.15, -0.1) is 16.4 Å². The molecular formula is C11H15N3S2. The molecule has 2 aromatic rings. The summed E-state index contributed by atoms with van der Waals surface area (Å²) in [6, 6.07) is 4.57. The Hall–Kier alpha value is -0.780. The maximum absolute atomic E-state index is 4.16. The number of hydrogen-bond acceptors (Lipinski definition) is 5. The van der Waals surface area contributed by atoms with E-state index in [0.717, 1.165) is 25.1 Å². The molecule has 1 atom stereocenters. The lowest BCUT2D eigenvalue weighted by atomic mass is 10.1. The first-order valence-corrected chi connectivity index (χ1v) is 7.14. The van der Waals surface area contributed by atoms with E-state index in [0.29, 0.717) is 6.04 Å². The lowest BCUT2D eigenvalue weighted by Gasteiger charge is -2.14. The second-order valence-electron chi connectivity index (χ2n) is 3.62. The van der Waals surface area contributed by atoms with Crippen molar-refractivity contribution in [1.29, 1.82) is 0 Å². The summed E-state index contributed by atoms with van der Waals surface area (Å²) in [7, 11) is 0. The van der Waals surface area contributed by atoms with Crippen LogP contribution < -0.4 is 5.32 Å². The van der Waals surface area contributed by atoms with Gasteiger partial charge in [-0.3, -0.25) is 0 Å². The first-order valence-electron chi connectivity index (χ1n) is 5.43. The molecule has 2 heterocycles. The van der Waals surface area contributed by atoms with Crippen LogP contribution in [-0.2, 0) is 6.42 Å². The van der Waals surface area contributed by atoms with Crippen LogP contribution in [0.25, 0.3) is 0 Å². The zero-order valence-corrected chi connectivity index (χ0v) is 10.9. The molecule has 1 unspecified atom stereocenters. The Labute approximate surface area is 104 Å². The summed E-state index contributed by atoms with van der Waals surface area (Å²) < 4.78 is 3.94. The molecule has 1 N–H and O–H groups in total. The number of nitrogens with zero attached hydrogens (tertiary/aromatic N) is 2. The van der Waals surface area contributed by atoms with Crippen molar-refractivity contribution >= 4 is 22.9 Å². The van der Waals surface area contributed by atoms with E-state index < -0.39 is 0 Å². The van der Waals surface area contributed by atoms with Crippen LogP contribution in [0, 0.1) is 0 Å². The second-order valence-corrected chi connectivity index (χ2v) is 5.26. The molecular weight excluding hydrogens is 238 g/mol. The predicted octanol–water partition coefficient (Wildman–Crippen LogP) is 2.88. The number of thiophene rings is 1. The summed E-state index contributed by atoms with van der Waals surface area (Å²) in [5, 5.41) is 11.8. The van der Waals surface area contributed by atoms with Crippen LogP contribution >= 0.6 is 22.9 Å². The van der Waals surface area contributed by atoms with Crippen molar-refractivity contribution in [1.82, 2.24) is 14.9 Å². The van der Waals surface area contributed by atoms with Crippen LogP contribution in [0.15, 0.2) is 22.9 Å². The fourth-order valence-corrected chi connectivity index (χ4v) is 2.81. The first kappa shape index (κ1) is 11.7. The van der Waals surface area contributed by atoms with Crippen LogP contribution in [-0.4, -0.2) is 16.1 Å². The summed E-state index contributed by atoms with van der Waals surface area (Å²) in [6.07, 6.45) is 2.14. The third kappa shape index (κ3) is 3.10. The molecule has 0 spiro atoms. The maximum Gasteiger partial charge on any atom is 0.0928 e. The van der Waals surface area contributed by atoms with Crippen molar-refractivity contribution in [3.8, 4) is 0 Å². The number of nitrogens with one attached hydrogen (secondary N) is 1. The van der Waals surface area contributed by atoms with E-state index in [9.17, 15) is 0 Å². The molecule has 0 aliphatic heterocycles. The minimum atomic E-state index is 0.303. The number of hydrogen-bond donors (Lipinski definition) is 1. The zero-order valence-electron chi connectivity index (χ0n) is 9.22. The third-order valence-corrected chi connectivity index (χ3v) is 3.78. The van der Waals surface area contributed by atoms with E-state index in [1.165, 1.54) is 16.4 Å². The molecule has 3 nitrogen and oxygen atoms in total. The Morgan fingerprint density at radius 1 is 1.50 bits per heavy atom. The molecule has 86 valence electrons. The molecule has 0 bridgehead atoms. The molecule has 0 saturated heterocycles. The van der Waals surface area contributed by atoms with Crippen LogP contribution in [0.4, 0.5) is 0 Å². The van der Waals surface area contributed by atoms with Gasteiger partial charge in [-0.25, -0.2) is 0 Å². The summed E-state index contributed by atoms with van der Waals surface area (Å²) in [5.41, 5.74) is 1.06. The quantitative estimate of drug-likeness (QED) is 0.860. The van der Waals surface area contributed by atoms with Gasteiger partial charge in [-0.2, -0.15) is 0 Å². The molecule has 2 rings (SSSR count). The smallest absolute Gasteiger partial charge is 0.0928 e. The molecule has 0 aromatic carbocycles. The Morgan fingerprint density at radius 3 is 3.06 bits per heavy atom. The van der Waals surface area contributed by atoms with Crippen molar-refractivity contribution in [2.45, 2.75) is 25.8 Å². The third-order valence-electron chi connectivity index (χ3n) is 2.36. The lowest BCUT2D eigenvalue weighted by Crippen LogP contribution is -2.24. The highest BCUT2D eigenvalue weighted by molar-refractivity contribution is 7.09. The van der Waals surface area contributed by atoms with E-state index in [2.05, 4.69) is 39.3 Å². The van der Waals surface area contributed by atoms with Gasteiger partial charge in [0.15, 0.2) is 0 Å². The van der Waals surface area contributed by atoms with Gasteiger partial charge in [-0.05, 0) is 35.9 Å². The Morgan fingerprint density at radius 2 is 2.44 bits per heavy atom. The molecule has 0 amide bonds. The van der Waals surface area contributed by atoms with Crippen molar-refractivity contribution in [2.24, 2.45) is 0 Å². The monoisotopic (exact) mass is 253 g/mol. The Bertz CT molecular complexity index is 383. The van der Waals surface area contributed by atoms with Crippen molar-refractivity contribution in [3.63, 3.8) is 0 Å². The van der Waals surface area contributed by atoms with Gasteiger partial charge in [0.25, 0.3) is 0 Å². The fraction of sp³-hybridized carbons (Fsp3) is 0.455. The predicted molar refractivity (Wildman–Crippen MR) is 69.0 cm³/mol. The average molecular weight is 253 g/mol. The Balaban J connectivity index is 2.03. The molecule has 16 heavy (non-hydrogen) atoms. The van der Waals surface area contributed by atoms with Gasteiger partial charge in [0, 0.05) is 16.7 Å². The summed E-state index contributed by atoms with van der Waals surface area (Å²) >= 11 is 3.21. The molecule has 0 aliphatic carbocycles. The number of aromatic nitrogens is 2. The zero-order chi connectivity index (χ0) is 11.2. The van der Waals surface area contributed by atoms with Gasteiger partial charge in [0.2, 0.25) is 0 Å². The molecule has 0 radical (unpaired) electrons. The fourth-order valence-electron chi connectivity index (χ4n) is 1.55. The highest BCUT2D eigenvalue weighted by Crippen LogP contribution is 2.20. The van der Waals surface area contributed by atoms with Crippen LogP contribution in [0.3, 0.4) is 0 Å². The van der Waals surface area contributed by atoms with E-state index >= 15 is 0 Å². The lowest BCUT2D eigenvalue weighted by molar-refractivity contribution is 0.520. The van der Waals surface area contributed by atoms with E-state index in [-0.39, 0.29) is 0 Å². The van der Waals surface area contributed by atoms with Crippen LogP contribution in [0.5, 0.6) is 0 Å². The van der Waals surface area contributed by atoms with Crippen LogP contribution in [0.2, 0.25) is 0 Å². The largest absolute Gasteiger partial charge is 0.308 e. The van der Waals surface area contributed by atoms with Crippen molar-refractivity contribution in [2.75, 3.05) is 6.54 Å². The minimum Gasteiger partial charge on any atom is -0.308 e. The highest BCUT2D eigenvalue weighted by Gasteiger charge is 2.14. The van der Waals surface area contributed by atoms with E-state index in [1.54, 1.807) is 11.3 Å². The van der Waals surface area contributed by atoms with Gasteiger partial charge in [0.05, 0.1) is 11.7 Å². The molecule has 5 heteroatoms. The summed E-state index contributed by atoms with van der Waals surface area (Å²) in [5.74, 6) is 0. The molecule has 2 aromatic heterocycles. The maximum atomic E-state index is 4.16. The Kier molecular flexibility index (Phi) is 4.44. The second kappa shape index (κ2) is 6.08. The van der Waals surface area contributed by atoms with Gasteiger partial charge in [-0.1, -0.05) is 17.5 Å². The van der Waals surface area contributed by atoms with Gasteiger partial charge in [0.1, 0.15) is 0 Å². The van der Waals surface area contributed by atoms with E-state index in [1.807, 2.05) is 5.38 Å². The summed E-state index contributed by atoms with van der Waals surface area (Å²) in [6.45, 7) is 3.20.